The summed E-state index contributed by atoms with van der Waals surface area (Å²) in [5.41, 5.74) is -0.342. The molecule has 2 unspecified atom stereocenters. The summed E-state index contributed by atoms with van der Waals surface area (Å²) in [7, 11) is -3.21. The van der Waals surface area contributed by atoms with Gasteiger partial charge in [-0.15, -0.1) is 0 Å². The SMILES string of the molecule is O=S1(=O)C2C=C(Cc3cc(F)ccc3C(F)(F)F)CC1CCC2. The van der Waals surface area contributed by atoms with Gasteiger partial charge in [0.25, 0.3) is 0 Å². The third-order valence-electron chi connectivity index (χ3n) is 4.60. The number of halogens is 4. The highest BCUT2D eigenvalue weighted by Gasteiger charge is 2.41. The lowest BCUT2D eigenvalue weighted by Gasteiger charge is -2.33. The highest BCUT2D eigenvalue weighted by atomic mass is 32.2. The fourth-order valence-electron chi connectivity index (χ4n) is 3.50. The minimum atomic E-state index is -4.56. The number of sulfone groups is 1. The second-order valence-electron chi connectivity index (χ2n) is 6.19. The van der Waals surface area contributed by atoms with Crippen LogP contribution in [0.4, 0.5) is 17.6 Å². The molecule has 2 atom stereocenters. The van der Waals surface area contributed by atoms with E-state index in [0.29, 0.717) is 18.4 Å². The van der Waals surface area contributed by atoms with Gasteiger partial charge in [-0.2, -0.15) is 13.2 Å². The van der Waals surface area contributed by atoms with Crippen LogP contribution in [0.1, 0.15) is 36.8 Å². The summed E-state index contributed by atoms with van der Waals surface area (Å²) in [6.45, 7) is 0. The van der Waals surface area contributed by atoms with Crippen LogP contribution in [0.25, 0.3) is 0 Å². The fraction of sp³-hybridized carbons (Fsp3) is 0.500. The second-order valence-corrected chi connectivity index (χ2v) is 8.64. The Morgan fingerprint density at radius 2 is 1.91 bits per heavy atom. The van der Waals surface area contributed by atoms with Gasteiger partial charge in [-0.25, -0.2) is 12.8 Å². The molecule has 2 aliphatic rings. The maximum Gasteiger partial charge on any atom is 0.416 e. The van der Waals surface area contributed by atoms with Crippen molar-refractivity contribution in [3.63, 3.8) is 0 Å². The molecule has 2 nitrogen and oxygen atoms in total. The molecule has 0 aromatic heterocycles. The zero-order valence-electron chi connectivity index (χ0n) is 12.2. The summed E-state index contributed by atoms with van der Waals surface area (Å²) < 4.78 is 76.9. The monoisotopic (exact) mass is 348 g/mol. The predicted molar refractivity (Wildman–Crippen MR) is 78.2 cm³/mol. The number of rotatable bonds is 2. The number of alkyl halides is 3. The van der Waals surface area contributed by atoms with Crippen molar-refractivity contribution in [1.29, 1.82) is 0 Å². The maximum atomic E-state index is 13.4. The molecule has 0 saturated carbocycles. The van der Waals surface area contributed by atoms with Gasteiger partial charge in [0.05, 0.1) is 16.1 Å². The molecule has 126 valence electrons. The third-order valence-corrected chi connectivity index (χ3v) is 7.15. The molecule has 2 bridgehead atoms. The van der Waals surface area contributed by atoms with Crippen LogP contribution < -0.4 is 0 Å². The average molecular weight is 348 g/mol. The maximum absolute atomic E-state index is 13.4. The standard InChI is InChI=1S/C16H16F4O2S/c17-12-4-5-15(16(18,19)20)11(9-12)6-10-7-13-2-1-3-14(8-10)23(13,21)22/h4-5,7,9,13-14H,1-3,6,8H2. The van der Waals surface area contributed by atoms with E-state index < -0.39 is 37.9 Å². The van der Waals surface area contributed by atoms with E-state index in [9.17, 15) is 26.0 Å². The van der Waals surface area contributed by atoms with Crippen molar-refractivity contribution in [3.8, 4) is 0 Å². The minimum Gasteiger partial charge on any atom is -0.228 e. The molecule has 1 saturated heterocycles. The number of allylic oxidation sites excluding steroid dienone is 1. The molecular formula is C16H16F4O2S. The zero-order chi connectivity index (χ0) is 16.8. The number of fused-ring (bicyclic) bond motifs is 2. The van der Waals surface area contributed by atoms with Gasteiger partial charge in [-0.1, -0.05) is 18.1 Å². The van der Waals surface area contributed by atoms with Gasteiger partial charge < -0.3 is 0 Å². The van der Waals surface area contributed by atoms with Crippen molar-refractivity contribution < 1.29 is 26.0 Å². The van der Waals surface area contributed by atoms with E-state index >= 15 is 0 Å². The van der Waals surface area contributed by atoms with E-state index in [-0.39, 0.29) is 18.4 Å². The molecule has 1 fully saturated rings. The molecule has 0 aliphatic carbocycles. The summed E-state index contributed by atoms with van der Waals surface area (Å²) >= 11 is 0. The van der Waals surface area contributed by atoms with E-state index in [1.165, 1.54) is 0 Å². The van der Waals surface area contributed by atoms with Crippen LogP contribution in [0, 0.1) is 5.82 Å². The van der Waals surface area contributed by atoms with Crippen LogP contribution in [-0.2, 0) is 22.4 Å². The lowest BCUT2D eigenvalue weighted by Crippen LogP contribution is -2.39. The van der Waals surface area contributed by atoms with Crippen molar-refractivity contribution in [1.82, 2.24) is 0 Å². The molecule has 7 heteroatoms. The van der Waals surface area contributed by atoms with Gasteiger partial charge >= 0.3 is 6.18 Å². The van der Waals surface area contributed by atoms with Crippen molar-refractivity contribution in [2.75, 3.05) is 0 Å². The molecule has 3 rings (SSSR count). The minimum absolute atomic E-state index is 0.0604. The van der Waals surface area contributed by atoms with Gasteiger partial charge in [0.2, 0.25) is 0 Å². The van der Waals surface area contributed by atoms with Crippen LogP contribution in [0.2, 0.25) is 0 Å². The van der Waals surface area contributed by atoms with Gasteiger partial charge in [-0.3, -0.25) is 0 Å². The first-order valence-corrected chi connectivity index (χ1v) is 9.07. The Hall–Kier alpha value is -1.37. The largest absolute Gasteiger partial charge is 0.416 e. The summed E-state index contributed by atoms with van der Waals surface area (Å²) in [4.78, 5) is 0. The summed E-state index contributed by atoms with van der Waals surface area (Å²) in [5, 5.41) is -1.11. The molecule has 0 N–H and O–H groups in total. The summed E-state index contributed by atoms with van der Waals surface area (Å²) in [6, 6.07) is 2.43. The van der Waals surface area contributed by atoms with Gasteiger partial charge in [0.15, 0.2) is 9.84 Å². The van der Waals surface area contributed by atoms with Crippen LogP contribution >= 0.6 is 0 Å². The quantitative estimate of drug-likeness (QED) is 0.597. The van der Waals surface area contributed by atoms with E-state index in [4.69, 9.17) is 0 Å². The molecule has 0 spiro atoms. The summed E-state index contributed by atoms with van der Waals surface area (Å²) in [5.74, 6) is -0.725. The number of benzene rings is 1. The van der Waals surface area contributed by atoms with Crippen LogP contribution in [0.5, 0.6) is 0 Å². The topological polar surface area (TPSA) is 34.1 Å². The van der Waals surface area contributed by atoms with Crippen molar-refractivity contribution in [2.45, 2.75) is 48.8 Å². The first kappa shape index (κ1) is 16.5. The molecule has 23 heavy (non-hydrogen) atoms. The van der Waals surface area contributed by atoms with E-state index in [2.05, 4.69) is 0 Å². The molecular weight excluding hydrogens is 332 g/mol. The zero-order valence-corrected chi connectivity index (χ0v) is 13.1. The van der Waals surface area contributed by atoms with Gasteiger partial charge in [0, 0.05) is 0 Å². The predicted octanol–water partition coefficient (Wildman–Crippen LogP) is 4.05. The van der Waals surface area contributed by atoms with Crippen LogP contribution in [0.15, 0.2) is 29.8 Å². The Bertz CT molecular complexity index is 750. The Morgan fingerprint density at radius 3 is 2.57 bits per heavy atom. The molecule has 2 heterocycles. The normalized spacial score (nSPS) is 26.7. The van der Waals surface area contributed by atoms with Crippen LogP contribution in [0.3, 0.4) is 0 Å². The van der Waals surface area contributed by atoms with E-state index in [1.54, 1.807) is 6.08 Å². The van der Waals surface area contributed by atoms with Gasteiger partial charge in [0.1, 0.15) is 5.82 Å². The number of hydrogen-bond acceptors (Lipinski definition) is 2. The Morgan fingerprint density at radius 1 is 1.17 bits per heavy atom. The highest BCUT2D eigenvalue weighted by molar-refractivity contribution is 7.92. The number of hydrogen-bond donors (Lipinski definition) is 0. The lowest BCUT2D eigenvalue weighted by molar-refractivity contribution is -0.138. The smallest absolute Gasteiger partial charge is 0.228 e. The third kappa shape index (κ3) is 3.16. The van der Waals surface area contributed by atoms with Gasteiger partial charge in [-0.05, 0) is 49.4 Å². The first-order valence-electron chi connectivity index (χ1n) is 7.46. The first-order chi connectivity index (χ1) is 10.7. The Labute approximate surface area is 132 Å². The highest BCUT2D eigenvalue weighted by Crippen LogP contribution is 2.38. The molecule has 1 aromatic rings. The Balaban J connectivity index is 1.94. The molecule has 2 aliphatic heterocycles. The van der Waals surface area contributed by atoms with E-state index in [0.717, 1.165) is 24.6 Å². The van der Waals surface area contributed by atoms with Crippen molar-refractivity contribution >= 4 is 9.84 Å². The average Bonchev–Trinajstić information content (AvgIpc) is 2.38. The van der Waals surface area contributed by atoms with Crippen LogP contribution in [-0.4, -0.2) is 18.9 Å². The fourth-order valence-corrected chi connectivity index (χ4v) is 5.82. The van der Waals surface area contributed by atoms with Crippen molar-refractivity contribution in [2.24, 2.45) is 0 Å². The second kappa shape index (κ2) is 5.61. The molecule has 1 aromatic carbocycles. The lowest BCUT2D eigenvalue weighted by atomic mass is 9.92. The molecule has 0 radical (unpaired) electrons. The summed E-state index contributed by atoms with van der Waals surface area (Å²) in [6.07, 6.45) is -0.923. The van der Waals surface area contributed by atoms with Crippen molar-refractivity contribution in [3.05, 3.63) is 46.8 Å². The Kier molecular flexibility index (Phi) is 4.02. The molecule has 0 amide bonds. The van der Waals surface area contributed by atoms with E-state index in [1.807, 2.05) is 0 Å².